The zero-order valence-electron chi connectivity index (χ0n) is 13.6. The van der Waals surface area contributed by atoms with Gasteiger partial charge in [0.05, 0.1) is 12.2 Å². The lowest BCUT2D eigenvalue weighted by molar-refractivity contribution is -0.00944. The fraction of sp³-hybridized carbons (Fsp3) is 1.00. The van der Waals surface area contributed by atoms with Gasteiger partial charge in [0, 0.05) is 39.4 Å². The van der Waals surface area contributed by atoms with Gasteiger partial charge in [-0.3, -0.25) is 4.90 Å². The summed E-state index contributed by atoms with van der Waals surface area (Å²) in [5.41, 5.74) is 6.45. The molecule has 0 spiro atoms. The van der Waals surface area contributed by atoms with Crippen LogP contribution in [0.3, 0.4) is 0 Å². The van der Waals surface area contributed by atoms with E-state index in [-0.39, 0.29) is 17.7 Å². The molecule has 1 aliphatic carbocycles. The molecule has 1 aliphatic heterocycles. The molecule has 0 aromatic rings. The molecular formula is C16H32N2O2. The van der Waals surface area contributed by atoms with Crippen molar-refractivity contribution in [2.75, 3.05) is 33.9 Å². The topological polar surface area (TPSA) is 47.7 Å². The number of hydrogen-bond donors (Lipinski definition) is 1. The molecule has 2 aliphatic rings. The van der Waals surface area contributed by atoms with E-state index < -0.39 is 0 Å². The van der Waals surface area contributed by atoms with Crippen LogP contribution in [-0.4, -0.2) is 56.5 Å². The Kier molecular flexibility index (Phi) is 5.46. The first kappa shape index (κ1) is 16.2. The summed E-state index contributed by atoms with van der Waals surface area (Å²) in [5.74, 6) is 1.37. The molecule has 1 heterocycles. The summed E-state index contributed by atoms with van der Waals surface area (Å²) in [7, 11) is 3.58. The van der Waals surface area contributed by atoms with Gasteiger partial charge < -0.3 is 15.2 Å². The molecule has 0 aromatic carbocycles. The highest BCUT2D eigenvalue weighted by atomic mass is 16.5. The van der Waals surface area contributed by atoms with E-state index in [0.29, 0.717) is 11.8 Å². The minimum Gasteiger partial charge on any atom is -0.377 e. The van der Waals surface area contributed by atoms with Crippen molar-refractivity contribution in [1.29, 1.82) is 0 Å². The third-order valence-electron chi connectivity index (χ3n) is 5.67. The van der Waals surface area contributed by atoms with E-state index in [2.05, 4.69) is 18.7 Å². The van der Waals surface area contributed by atoms with Gasteiger partial charge in [0.2, 0.25) is 0 Å². The SMILES string of the molecule is COC1CN(C2(CN)CCCCC2C(C)C)CC1OC. The molecule has 0 aromatic heterocycles. The Balaban J connectivity index is 2.21. The summed E-state index contributed by atoms with van der Waals surface area (Å²) in [6, 6.07) is 0. The monoisotopic (exact) mass is 284 g/mol. The molecule has 2 rings (SSSR count). The van der Waals surface area contributed by atoms with Gasteiger partial charge in [0.15, 0.2) is 0 Å². The van der Waals surface area contributed by atoms with Crippen molar-refractivity contribution in [3.05, 3.63) is 0 Å². The summed E-state index contributed by atoms with van der Waals surface area (Å²) >= 11 is 0. The van der Waals surface area contributed by atoms with Crippen LogP contribution in [0.1, 0.15) is 39.5 Å². The number of ether oxygens (including phenoxy) is 2. The van der Waals surface area contributed by atoms with E-state index in [1.807, 2.05) is 0 Å². The number of nitrogens with two attached hydrogens (primary N) is 1. The normalized spacial score (nSPS) is 39.6. The van der Waals surface area contributed by atoms with Crippen molar-refractivity contribution >= 4 is 0 Å². The molecule has 2 fully saturated rings. The maximum atomic E-state index is 6.30. The van der Waals surface area contributed by atoms with E-state index in [0.717, 1.165) is 19.6 Å². The lowest BCUT2D eigenvalue weighted by atomic mass is 9.67. The van der Waals surface area contributed by atoms with Crippen molar-refractivity contribution < 1.29 is 9.47 Å². The van der Waals surface area contributed by atoms with Gasteiger partial charge in [0.25, 0.3) is 0 Å². The first-order valence-electron chi connectivity index (χ1n) is 8.09. The Hall–Kier alpha value is -0.160. The summed E-state index contributed by atoms with van der Waals surface area (Å²) in [6.07, 6.45) is 5.53. The van der Waals surface area contributed by atoms with Crippen LogP contribution in [0, 0.1) is 11.8 Å². The lowest BCUT2D eigenvalue weighted by Crippen LogP contribution is -2.60. The summed E-state index contributed by atoms with van der Waals surface area (Å²) < 4.78 is 11.2. The molecule has 4 nitrogen and oxygen atoms in total. The average molecular weight is 284 g/mol. The van der Waals surface area contributed by atoms with Crippen LogP contribution in [-0.2, 0) is 9.47 Å². The van der Waals surface area contributed by atoms with Crippen LogP contribution >= 0.6 is 0 Å². The molecule has 0 radical (unpaired) electrons. The standard InChI is InChI=1S/C16H32N2O2/c1-12(2)13-7-5-6-8-16(13,11-17)18-9-14(19-3)15(10-18)20-4/h12-15H,5-11,17H2,1-4H3. The van der Waals surface area contributed by atoms with Crippen LogP contribution in [0.5, 0.6) is 0 Å². The molecule has 4 unspecified atom stereocenters. The molecule has 0 bridgehead atoms. The summed E-state index contributed by atoms with van der Waals surface area (Å²) in [6.45, 7) is 7.35. The minimum atomic E-state index is 0.149. The Morgan fingerprint density at radius 3 is 2.20 bits per heavy atom. The second-order valence-corrected chi connectivity index (χ2v) is 6.86. The molecular weight excluding hydrogens is 252 g/mol. The zero-order valence-corrected chi connectivity index (χ0v) is 13.6. The predicted molar refractivity (Wildman–Crippen MR) is 81.7 cm³/mol. The van der Waals surface area contributed by atoms with E-state index in [9.17, 15) is 0 Å². The predicted octanol–water partition coefficient (Wildman–Crippen LogP) is 1.88. The van der Waals surface area contributed by atoms with Gasteiger partial charge in [-0.25, -0.2) is 0 Å². The first-order valence-corrected chi connectivity index (χ1v) is 8.09. The quantitative estimate of drug-likeness (QED) is 0.837. The number of likely N-dealkylation sites (tertiary alicyclic amines) is 1. The molecule has 118 valence electrons. The van der Waals surface area contributed by atoms with Crippen LogP contribution < -0.4 is 5.73 Å². The van der Waals surface area contributed by atoms with E-state index >= 15 is 0 Å². The van der Waals surface area contributed by atoms with Gasteiger partial charge in [0.1, 0.15) is 0 Å². The Morgan fingerprint density at radius 2 is 1.75 bits per heavy atom. The van der Waals surface area contributed by atoms with E-state index in [4.69, 9.17) is 15.2 Å². The Bertz CT molecular complexity index is 299. The van der Waals surface area contributed by atoms with Crippen molar-refractivity contribution in [1.82, 2.24) is 4.90 Å². The molecule has 4 atom stereocenters. The van der Waals surface area contributed by atoms with Crippen molar-refractivity contribution in [2.24, 2.45) is 17.6 Å². The minimum absolute atomic E-state index is 0.149. The Morgan fingerprint density at radius 1 is 1.15 bits per heavy atom. The molecule has 4 heteroatoms. The van der Waals surface area contributed by atoms with Crippen molar-refractivity contribution in [3.63, 3.8) is 0 Å². The molecule has 0 amide bonds. The summed E-state index contributed by atoms with van der Waals surface area (Å²) in [5, 5.41) is 0. The van der Waals surface area contributed by atoms with Gasteiger partial charge in [-0.15, -0.1) is 0 Å². The molecule has 20 heavy (non-hydrogen) atoms. The highest BCUT2D eigenvalue weighted by Crippen LogP contribution is 2.43. The maximum Gasteiger partial charge on any atom is 0.0972 e. The van der Waals surface area contributed by atoms with Crippen LogP contribution in [0.25, 0.3) is 0 Å². The highest BCUT2D eigenvalue weighted by Gasteiger charge is 2.49. The highest BCUT2D eigenvalue weighted by molar-refractivity contribution is 5.05. The number of nitrogens with zero attached hydrogens (tertiary/aromatic N) is 1. The Labute approximate surface area is 124 Å². The smallest absolute Gasteiger partial charge is 0.0972 e. The van der Waals surface area contributed by atoms with Gasteiger partial charge >= 0.3 is 0 Å². The second-order valence-electron chi connectivity index (χ2n) is 6.86. The molecule has 2 N–H and O–H groups in total. The first-order chi connectivity index (χ1) is 9.58. The van der Waals surface area contributed by atoms with Crippen LogP contribution in [0.2, 0.25) is 0 Å². The third kappa shape index (κ3) is 2.76. The molecule has 1 saturated carbocycles. The van der Waals surface area contributed by atoms with Gasteiger partial charge in [-0.1, -0.05) is 26.7 Å². The average Bonchev–Trinajstić information content (AvgIpc) is 2.90. The van der Waals surface area contributed by atoms with Crippen molar-refractivity contribution in [2.45, 2.75) is 57.3 Å². The largest absolute Gasteiger partial charge is 0.377 e. The maximum absolute atomic E-state index is 6.30. The van der Waals surface area contributed by atoms with Crippen LogP contribution in [0.4, 0.5) is 0 Å². The van der Waals surface area contributed by atoms with E-state index in [1.165, 1.54) is 25.7 Å². The molecule has 1 saturated heterocycles. The number of rotatable bonds is 5. The van der Waals surface area contributed by atoms with Gasteiger partial charge in [-0.2, -0.15) is 0 Å². The van der Waals surface area contributed by atoms with E-state index in [1.54, 1.807) is 14.2 Å². The lowest BCUT2D eigenvalue weighted by Gasteiger charge is -2.51. The number of hydrogen-bond acceptors (Lipinski definition) is 4. The number of methoxy groups -OCH3 is 2. The fourth-order valence-corrected chi connectivity index (χ4v) is 4.54. The second kappa shape index (κ2) is 6.73. The fourth-order valence-electron chi connectivity index (χ4n) is 4.54. The third-order valence-corrected chi connectivity index (χ3v) is 5.67. The van der Waals surface area contributed by atoms with Crippen molar-refractivity contribution in [3.8, 4) is 0 Å². The van der Waals surface area contributed by atoms with Crippen LogP contribution in [0.15, 0.2) is 0 Å². The zero-order chi connectivity index (χ0) is 14.8. The summed E-state index contributed by atoms with van der Waals surface area (Å²) in [4.78, 5) is 2.58. The van der Waals surface area contributed by atoms with Gasteiger partial charge in [-0.05, 0) is 24.7 Å².